The van der Waals surface area contributed by atoms with E-state index in [0.717, 1.165) is 17.9 Å². The van der Waals surface area contributed by atoms with Crippen molar-refractivity contribution in [3.05, 3.63) is 81.5 Å². The number of amides is 3. The topological polar surface area (TPSA) is 505 Å². The van der Waals surface area contributed by atoms with Gasteiger partial charge < -0.3 is 152 Å². The molecule has 0 saturated carbocycles. The number of unbranched alkanes of at least 4 members (excludes halogenated alkanes) is 4. The van der Waals surface area contributed by atoms with E-state index in [1.54, 1.807) is 50.2 Å². The number of ether oxygens (including phenoxy) is 14. The fraction of sp³-hybridized carbons (Fsp3) is 0.718. The second-order valence-electron chi connectivity index (χ2n) is 28.2. The molecule has 0 radical (unpaired) electrons. The van der Waals surface area contributed by atoms with Gasteiger partial charge in [0.25, 0.3) is 5.91 Å². The number of nitrogens with one attached hydrogen (secondary N) is 3. The fourth-order valence-corrected chi connectivity index (χ4v) is 13.2. The lowest BCUT2D eigenvalue weighted by Crippen LogP contribution is -2.67. The lowest BCUT2D eigenvalue weighted by Gasteiger charge is -2.47. The quantitative estimate of drug-likeness (QED) is 0.0153. The van der Waals surface area contributed by atoms with Gasteiger partial charge in [0.1, 0.15) is 90.8 Å². The Kier molecular flexibility index (Phi) is 45.0. The lowest BCUT2D eigenvalue weighted by atomic mass is 9.88. The zero-order chi connectivity index (χ0) is 83.9. The van der Waals surface area contributed by atoms with Crippen LogP contribution in [0.3, 0.4) is 0 Å². The molecule has 36 heteroatoms. The minimum Gasteiger partial charge on any atom is -0.547 e. The summed E-state index contributed by atoms with van der Waals surface area (Å²) >= 11 is 0. The van der Waals surface area contributed by atoms with Crippen LogP contribution in [0, 0.1) is 11.8 Å². The highest BCUT2D eigenvalue weighted by Gasteiger charge is 2.54. The zero-order valence-electron chi connectivity index (χ0n) is 67.2. The Morgan fingerprint density at radius 3 is 1.23 bits per heavy atom. The van der Waals surface area contributed by atoms with Gasteiger partial charge in [0.15, 0.2) is 31.3 Å². The average Bonchev–Trinajstić information content (AvgIpc) is 0.778. The number of aliphatic carboxylic acids is 1. The molecule has 4 saturated heterocycles. The number of carboxylic acid groups (broad SMARTS) is 1. The number of hydrogen-bond donors (Lipinski definition) is 12. The van der Waals surface area contributed by atoms with E-state index in [4.69, 9.17) is 80.9 Å². The number of carboxylic acids is 1. The highest BCUT2D eigenvalue weighted by atomic mass is 16.7. The summed E-state index contributed by atoms with van der Waals surface area (Å²) in [5.41, 5.74) is 5.40. The van der Waals surface area contributed by atoms with Crippen LogP contribution in [0.4, 0.5) is 0 Å². The van der Waals surface area contributed by atoms with E-state index in [0.29, 0.717) is 62.2 Å². The molecule has 0 aliphatic carbocycles. The van der Waals surface area contributed by atoms with Gasteiger partial charge >= 0.3 is 11.3 Å². The maximum atomic E-state index is 13.2. The van der Waals surface area contributed by atoms with Gasteiger partial charge in [-0.05, 0) is 62.1 Å². The maximum Gasteiger partial charge on any atom is 0.336 e. The Balaban J connectivity index is 0.000000297. The molecule has 114 heavy (non-hydrogen) atoms. The Hall–Kier alpha value is -6.54. The summed E-state index contributed by atoms with van der Waals surface area (Å²) in [6.07, 6.45) is -12.0. The number of aliphatic hydroxyl groups excluding tert-OH is 8. The smallest absolute Gasteiger partial charge is 0.336 e. The van der Waals surface area contributed by atoms with E-state index >= 15 is 0 Å². The van der Waals surface area contributed by atoms with Gasteiger partial charge in [-0.25, -0.2) is 9.59 Å². The van der Waals surface area contributed by atoms with E-state index in [1.807, 2.05) is 12.1 Å². The number of quaternary nitrogens is 1. The van der Waals surface area contributed by atoms with Gasteiger partial charge in [0.2, 0.25) is 11.8 Å². The lowest BCUT2D eigenvalue weighted by molar-refractivity contribution is -0.929. The number of fused-ring (bicyclic) bond motifs is 2. The van der Waals surface area contributed by atoms with Crippen LogP contribution in [0.2, 0.25) is 0 Å². The molecular weight excluding hydrogens is 1500 g/mol. The Morgan fingerprint density at radius 1 is 0.491 bits per heavy atom. The normalized spacial score (nSPS) is 27.5. The van der Waals surface area contributed by atoms with Crippen molar-refractivity contribution in [2.75, 3.05) is 133 Å². The van der Waals surface area contributed by atoms with Crippen LogP contribution < -0.4 is 47.5 Å². The summed E-state index contributed by atoms with van der Waals surface area (Å²) in [5, 5.41) is 103. The molecule has 8 rings (SSSR count). The van der Waals surface area contributed by atoms with Gasteiger partial charge in [-0.15, -0.1) is 0 Å². The Bertz CT molecular complexity index is 3490. The average molecular weight is 1630 g/mol. The first-order valence-electron chi connectivity index (χ1n) is 39.2. The molecule has 20 atom stereocenters. The van der Waals surface area contributed by atoms with Crippen molar-refractivity contribution < 1.29 is 145 Å². The van der Waals surface area contributed by atoms with Crippen molar-refractivity contribution in [1.29, 1.82) is 0 Å². The van der Waals surface area contributed by atoms with Crippen molar-refractivity contribution in [3.63, 3.8) is 0 Å². The summed E-state index contributed by atoms with van der Waals surface area (Å²) in [7, 11) is 2.38. The number of rotatable bonds is 43. The number of aliphatic hydroxyl groups is 8. The number of hydrogen-bond acceptors (Lipinski definition) is 32. The monoisotopic (exact) mass is 1630 g/mol. The van der Waals surface area contributed by atoms with Crippen LogP contribution in [-0.4, -0.2) is 312 Å². The van der Waals surface area contributed by atoms with Crippen molar-refractivity contribution in [1.82, 2.24) is 16.0 Å². The van der Waals surface area contributed by atoms with Crippen LogP contribution in [0.25, 0.3) is 21.9 Å². The first-order valence-corrected chi connectivity index (χ1v) is 39.2. The molecule has 4 aliphatic heterocycles. The predicted molar refractivity (Wildman–Crippen MR) is 408 cm³/mol. The molecule has 4 aromatic rings. The van der Waals surface area contributed by atoms with E-state index in [9.17, 15) is 74.7 Å². The van der Waals surface area contributed by atoms with Gasteiger partial charge in [-0.1, -0.05) is 67.2 Å². The number of benzene rings is 2. The molecule has 36 nitrogen and oxygen atoms in total. The molecule has 0 bridgehead atoms. The van der Waals surface area contributed by atoms with E-state index in [2.05, 4.69) is 43.6 Å². The third kappa shape index (κ3) is 31.1. The minimum atomic E-state index is -1.82. The van der Waals surface area contributed by atoms with Crippen LogP contribution >= 0.6 is 0 Å². The van der Waals surface area contributed by atoms with Crippen molar-refractivity contribution in [2.24, 2.45) is 17.6 Å². The highest BCUT2D eigenvalue weighted by molar-refractivity contribution is 5.82. The van der Waals surface area contributed by atoms with Crippen molar-refractivity contribution in [2.45, 2.75) is 217 Å². The maximum absolute atomic E-state index is 13.2. The number of carbonyl (C=O) groups excluding carboxylic acids is 4. The number of methoxy groups -OCH3 is 2. The second-order valence-corrected chi connectivity index (χ2v) is 28.2. The summed E-state index contributed by atoms with van der Waals surface area (Å²) in [6.45, 7) is 23.7. The SMILES string of the molecule is CCCC[N+](CCCC)(CCCC)CCCC.COC1OC(C(=O)NCCOCCOCCOc2ccc3ccc(=O)oc3c2)[C@@H](O[C@@H]2OC(CO)C(O)[C@H](C)C2NC(C)=O)C(O)C1O.COC1OC(C(=O)[O-])[C@@H](O[C@@H]2OC(CO)C(O)[C@H](C)C2NC(C)=O)C(O)C1O.NCCOCCOCCOc1ccc2ccc(=O)oc2c1. The number of carbonyl (C=O) groups is 4. The molecule has 648 valence electrons. The molecule has 13 N–H and O–H groups in total. The minimum absolute atomic E-state index is 0.0488. The third-order valence-electron chi connectivity index (χ3n) is 19.6. The van der Waals surface area contributed by atoms with Gasteiger partial charge in [0.05, 0.1) is 123 Å². The molecule has 0 spiro atoms. The number of nitrogens with two attached hydrogens (primary N) is 1. The molecule has 4 fully saturated rings. The number of nitrogens with zero attached hydrogens (tertiary/aromatic N) is 1. The first-order chi connectivity index (χ1) is 54.7. The Labute approximate surface area is 664 Å². The fourth-order valence-electron chi connectivity index (χ4n) is 13.2. The van der Waals surface area contributed by atoms with E-state index in [-0.39, 0.29) is 45.2 Å². The Morgan fingerprint density at radius 2 is 0.860 bits per heavy atom. The van der Waals surface area contributed by atoms with E-state index in [1.165, 1.54) is 115 Å². The first kappa shape index (κ1) is 98.0. The highest BCUT2D eigenvalue weighted by Crippen LogP contribution is 2.34. The summed E-state index contributed by atoms with van der Waals surface area (Å²) in [5.74, 6) is -3.50. The predicted octanol–water partition coefficient (Wildman–Crippen LogP) is -0.381. The summed E-state index contributed by atoms with van der Waals surface area (Å²) in [6, 6.07) is 14.8. The molecule has 2 aromatic heterocycles. The molecule has 4 aliphatic rings. The van der Waals surface area contributed by atoms with Crippen molar-refractivity contribution >= 4 is 45.6 Å². The van der Waals surface area contributed by atoms with Gasteiger partial charge in [-0.2, -0.15) is 0 Å². The summed E-state index contributed by atoms with van der Waals surface area (Å²) < 4.78 is 87.7. The van der Waals surface area contributed by atoms with Crippen LogP contribution in [0.15, 0.2) is 79.1 Å². The largest absolute Gasteiger partial charge is 0.547 e. The van der Waals surface area contributed by atoms with Crippen LogP contribution in [0.1, 0.15) is 107 Å². The van der Waals surface area contributed by atoms with Gasteiger partial charge in [-0.3, -0.25) is 14.4 Å². The molecule has 6 heterocycles. The van der Waals surface area contributed by atoms with Crippen LogP contribution in [-0.2, 0) is 76.0 Å². The molecule has 14 unspecified atom stereocenters. The standard InChI is InChI=1S/C31H44N2O15.C16H27NO11.C16H36N.C15H19NO5/c1-16-23(33-17(2)35)30(46-21(15-34)24(16)37)47-27-25(38)26(39)31(41-3)48-28(27)29(40)32-8-9-42-10-11-43-12-13-44-19-6-4-18-5-7-22(36)45-20(18)14-19;1-5-8(17-6(2)19)15(26-7(4-18)9(5)20)27-12-10(21)11(22)16(25-3)28-13(12)14(23)24;1-5-9-13-17(14-10-6-2,15-11-7-3)16-12-8-4;16-5-6-18-7-8-19-9-10-20-13-3-1-12-2-4-15(17)21-14(12)11-13/h4-7,14,16,21,23-28,30-31,34,37-39H,8-13,15H2,1-3H3,(H,32,40)(H,33,35);5,7-13,15-16,18,20-22H,4H2,1-3H3,(H,17,19)(H,23,24);5-16H2,1-4H3;1-4,11H,5-10,16H2/q;;+1;/p-1/t16-,21?,23?,24?,25?,26?,27+,28?,30+,31?;5-,7?,8?,9?,10?,11?,12+,13?,15+,16?;;/m11../s1. The van der Waals surface area contributed by atoms with Crippen molar-refractivity contribution in [3.8, 4) is 11.5 Å². The zero-order valence-corrected chi connectivity index (χ0v) is 67.2. The van der Waals surface area contributed by atoms with Crippen LogP contribution in [0.5, 0.6) is 11.5 Å². The van der Waals surface area contributed by atoms with Gasteiger partial charge in [0, 0.05) is 88.0 Å². The van der Waals surface area contributed by atoms with E-state index < -0.39 is 165 Å². The molecule has 2 aromatic carbocycles. The molecular formula is C78H125N5O31. The second kappa shape index (κ2) is 52.3. The molecule has 3 amide bonds. The third-order valence-corrected chi connectivity index (χ3v) is 19.6. The summed E-state index contributed by atoms with van der Waals surface area (Å²) in [4.78, 5) is 70.7.